The van der Waals surface area contributed by atoms with Gasteiger partial charge in [-0.25, -0.2) is 0 Å². The number of hydrogen-bond acceptors (Lipinski definition) is 15. The summed E-state index contributed by atoms with van der Waals surface area (Å²) in [6, 6.07) is -0.750. The molecule has 0 radical (unpaired) electrons. The standard InChI is InChI=1S/C38H63NO14/c1-10-28(42)51-27-19-29(43)48-22(3)14-12-11-13-15-26(41)21(2)18-25(16-17-40)34(35(27)47-9)53-37-32(44)31(39(7)8)33(23(4)50-37)52-30-20-38(6,46)36(45)24(5)49-30/h11-13,15,17,21-27,30-37,41,44-46H,10,14,16,18-20H2,1-9H3/b12-11+,15-13+/t21-,22-,23-,24+,25+,26+,27-,30+,31-,32-,33-,34+,35+,36+,37+,38-/m1/s1. The molecule has 0 aromatic rings. The first-order valence-corrected chi connectivity index (χ1v) is 18.7. The molecule has 4 N–H and O–H groups in total. The minimum Gasteiger partial charge on any atom is -0.462 e. The number of carbonyl (C=O) groups excluding carboxylic acids is 3. The number of likely N-dealkylation sites (N-methyl/N-ethyl adjacent to an activating group) is 1. The van der Waals surface area contributed by atoms with E-state index in [0.717, 1.165) is 6.29 Å². The van der Waals surface area contributed by atoms with Crippen LogP contribution < -0.4 is 0 Å². The van der Waals surface area contributed by atoms with E-state index < -0.39 is 109 Å². The Bertz CT molecular complexity index is 1230. The van der Waals surface area contributed by atoms with Gasteiger partial charge in [0, 0.05) is 32.8 Å². The second-order valence-electron chi connectivity index (χ2n) is 15.1. The molecule has 2 saturated heterocycles. The maximum Gasteiger partial charge on any atom is 0.309 e. The van der Waals surface area contributed by atoms with Crippen LogP contribution in [0.5, 0.6) is 0 Å². The van der Waals surface area contributed by atoms with Crippen molar-refractivity contribution in [2.45, 2.75) is 165 Å². The number of esters is 2. The van der Waals surface area contributed by atoms with Gasteiger partial charge in [0.1, 0.15) is 42.9 Å². The molecule has 0 bridgehead atoms. The van der Waals surface area contributed by atoms with Crippen molar-refractivity contribution in [1.29, 1.82) is 0 Å². The Morgan fingerprint density at radius 2 is 1.74 bits per heavy atom. The molecule has 15 heteroatoms. The molecule has 0 unspecified atom stereocenters. The van der Waals surface area contributed by atoms with Gasteiger partial charge in [-0.3, -0.25) is 9.59 Å². The summed E-state index contributed by atoms with van der Waals surface area (Å²) in [5, 5.41) is 44.2. The fraction of sp³-hybridized carbons (Fsp3) is 0.816. The Labute approximate surface area is 313 Å². The molecule has 15 nitrogen and oxygen atoms in total. The van der Waals surface area contributed by atoms with Crippen LogP contribution in [0.4, 0.5) is 0 Å². The zero-order chi connectivity index (χ0) is 39.6. The van der Waals surface area contributed by atoms with E-state index >= 15 is 0 Å². The van der Waals surface area contributed by atoms with Crippen LogP contribution in [0.2, 0.25) is 0 Å². The Balaban J connectivity index is 2.04. The van der Waals surface area contributed by atoms with Crippen LogP contribution in [0.1, 0.15) is 80.1 Å². The maximum absolute atomic E-state index is 13.3. The number of cyclic esters (lactones) is 1. The highest BCUT2D eigenvalue weighted by Gasteiger charge is 2.52. The molecular formula is C38H63NO14. The molecular weight excluding hydrogens is 694 g/mol. The number of hydrogen-bond donors (Lipinski definition) is 4. The van der Waals surface area contributed by atoms with Crippen molar-refractivity contribution in [2.75, 3.05) is 21.2 Å². The number of nitrogens with zero attached hydrogens (tertiary/aromatic N) is 1. The van der Waals surface area contributed by atoms with Crippen LogP contribution in [-0.4, -0.2) is 150 Å². The average molecular weight is 758 g/mol. The number of ether oxygens (including phenoxy) is 7. The van der Waals surface area contributed by atoms with E-state index in [0.29, 0.717) is 6.42 Å². The first kappa shape index (κ1) is 45.1. The molecule has 3 aliphatic heterocycles. The van der Waals surface area contributed by atoms with E-state index in [2.05, 4.69) is 0 Å². The fourth-order valence-electron chi connectivity index (χ4n) is 7.38. The van der Waals surface area contributed by atoms with E-state index in [-0.39, 0.29) is 32.1 Å². The first-order chi connectivity index (χ1) is 24.9. The predicted molar refractivity (Wildman–Crippen MR) is 191 cm³/mol. The van der Waals surface area contributed by atoms with E-state index in [1.54, 1.807) is 64.9 Å². The quantitative estimate of drug-likeness (QED) is 0.186. The van der Waals surface area contributed by atoms with Gasteiger partial charge in [0.25, 0.3) is 0 Å². The second-order valence-corrected chi connectivity index (χ2v) is 15.1. The molecule has 3 aliphatic rings. The second kappa shape index (κ2) is 20.6. The van der Waals surface area contributed by atoms with Gasteiger partial charge >= 0.3 is 11.9 Å². The predicted octanol–water partition coefficient (Wildman–Crippen LogP) is 1.81. The van der Waals surface area contributed by atoms with Crippen LogP contribution >= 0.6 is 0 Å². The van der Waals surface area contributed by atoms with Crippen molar-refractivity contribution in [3.63, 3.8) is 0 Å². The van der Waals surface area contributed by atoms with Gasteiger partial charge in [0.05, 0.1) is 42.5 Å². The largest absolute Gasteiger partial charge is 0.462 e. The normalized spacial score (nSPS) is 43.4. The summed E-state index contributed by atoms with van der Waals surface area (Å²) in [7, 11) is 4.87. The molecule has 0 spiro atoms. The number of allylic oxidation sites excluding steroid dienone is 2. The lowest BCUT2D eigenvalue weighted by Crippen LogP contribution is -2.65. The van der Waals surface area contributed by atoms with Crippen molar-refractivity contribution in [3.8, 4) is 0 Å². The monoisotopic (exact) mass is 757 g/mol. The maximum atomic E-state index is 13.3. The Hall–Kier alpha value is -2.31. The lowest BCUT2D eigenvalue weighted by atomic mass is 9.82. The smallest absolute Gasteiger partial charge is 0.309 e. The number of methoxy groups -OCH3 is 1. The Morgan fingerprint density at radius 1 is 1.04 bits per heavy atom. The zero-order valence-corrected chi connectivity index (χ0v) is 32.6. The van der Waals surface area contributed by atoms with Gasteiger partial charge in [-0.2, -0.15) is 0 Å². The van der Waals surface area contributed by atoms with E-state index in [1.165, 1.54) is 14.0 Å². The van der Waals surface area contributed by atoms with Gasteiger partial charge in [-0.05, 0) is 60.0 Å². The molecule has 0 saturated carbocycles. The summed E-state index contributed by atoms with van der Waals surface area (Å²) < 4.78 is 42.6. The minimum absolute atomic E-state index is 0.00772. The number of rotatable bonds is 10. The molecule has 304 valence electrons. The van der Waals surface area contributed by atoms with Crippen molar-refractivity contribution >= 4 is 18.2 Å². The zero-order valence-electron chi connectivity index (χ0n) is 32.6. The summed E-state index contributed by atoms with van der Waals surface area (Å²) in [6.07, 6.45) is -4.13. The van der Waals surface area contributed by atoms with Crippen LogP contribution in [-0.2, 0) is 47.5 Å². The highest BCUT2D eigenvalue weighted by molar-refractivity contribution is 5.72. The summed E-state index contributed by atoms with van der Waals surface area (Å²) in [5.41, 5.74) is -1.48. The molecule has 0 amide bonds. The molecule has 3 heterocycles. The van der Waals surface area contributed by atoms with E-state index in [1.807, 2.05) is 13.0 Å². The molecule has 0 aromatic heterocycles. The average Bonchev–Trinajstić information content (AvgIpc) is 3.07. The van der Waals surface area contributed by atoms with E-state index in [9.17, 15) is 34.8 Å². The molecule has 16 atom stereocenters. The molecule has 53 heavy (non-hydrogen) atoms. The van der Waals surface area contributed by atoms with Crippen molar-refractivity contribution in [2.24, 2.45) is 11.8 Å². The minimum atomic E-state index is -1.48. The third-order valence-electron chi connectivity index (χ3n) is 10.4. The third-order valence-corrected chi connectivity index (χ3v) is 10.4. The lowest BCUT2D eigenvalue weighted by Gasteiger charge is -2.50. The Kier molecular flexibility index (Phi) is 17.5. The van der Waals surface area contributed by atoms with Crippen molar-refractivity contribution in [1.82, 2.24) is 4.90 Å². The van der Waals surface area contributed by atoms with Crippen molar-refractivity contribution < 1.29 is 68.0 Å². The molecule has 0 aliphatic carbocycles. The van der Waals surface area contributed by atoms with Gasteiger partial charge in [0.15, 0.2) is 12.6 Å². The number of carbonyl (C=O) groups is 3. The fourth-order valence-corrected chi connectivity index (χ4v) is 7.38. The number of aldehydes is 1. The van der Waals surface area contributed by atoms with Gasteiger partial charge in [0.2, 0.25) is 0 Å². The van der Waals surface area contributed by atoms with E-state index in [4.69, 9.17) is 33.2 Å². The summed E-state index contributed by atoms with van der Waals surface area (Å²) >= 11 is 0. The Morgan fingerprint density at radius 3 is 2.34 bits per heavy atom. The molecule has 3 rings (SSSR count). The first-order valence-electron chi connectivity index (χ1n) is 18.7. The van der Waals surface area contributed by atoms with Crippen molar-refractivity contribution in [3.05, 3.63) is 24.3 Å². The van der Waals surface area contributed by atoms with Gasteiger partial charge in [-0.1, -0.05) is 38.2 Å². The van der Waals surface area contributed by atoms with Crippen LogP contribution in [0.15, 0.2) is 24.3 Å². The van der Waals surface area contributed by atoms with Crippen LogP contribution in [0.3, 0.4) is 0 Å². The summed E-state index contributed by atoms with van der Waals surface area (Å²) in [6.45, 7) is 10.0. The van der Waals surface area contributed by atoms with Gasteiger partial charge in [-0.15, -0.1) is 0 Å². The molecule has 0 aromatic carbocycles. The number of aliphatic hydroxyl groups is 4. The highest BCUT2D eigenvalue weighted by Crippen LogP contribution is 2.37. The lowest BCUT2D eigenvalue weighted by molar-refractivity contribution is -0.344. The topological polar surface area (TPSA) is 200 Å². The summed E-state index contributed by atoms with van der Waals surface area (Å²) in [5.74, 6) is -2.31. The SMILES string of the molecule is CCC(=O)O[C@@H]1CC(=O)O[C@H](C)C/C=C/C=C/[C@H](O)[C@H](C)C[C@H](CC=O)[C@H](O[C@@H]2O[C@H](C)[C@@H](O[C@H]3C[C@@](C)(O)[C@@H](O)[C@H](C)O3)[C@H](N(C)C)[C@H]2O)[C@H]1OC. The van der Waals surface area contributed by atoms with Gasteiger partial charge < -0.3 is 63.3 Å². The number of aliphatic hydroxyl groups excluding tert-OH is 3. The molecule has 2 fully saturated rings. The highest BCUT2D eigenvalue weighted by atomic mass is 16.7. The van der Waals surface area contributed by atoms with Crippen LogP contribution in [0, 0.1) is 11.8 Å². The summed E-state index contributed by atoms with van der Waals surface area (Å²) in [4.78, 5) is 40.0. The van der Waals surface area contributed by atoms with Crippen LogP contribution in [0.25, 0.3) is 0 Å². The third kappa shape index (κ3) is 12.3.